The molecule has 2 rings (SSSR count). The molecule has 1 amide bonds. The predicted octanol–water partition coefficient (Wildman–Crippen LogP) is 4.86. The van der Waals surface area contributed by atoms with Crippen molar-refractivity contribution in [2.24, 2.45) is 5.41 Å². The summed E-state index contributed by atoms with van der Waals surface area (Å²) >= 11 is 0. The maximum atomic E-state index is 13.7. The van der Waals surface area contributed by atoms with E-state index in [1.165, 1.54) is 6.07 Å². The maximum Gasteiger partial charge on any atom is 0.405 e. The van der Waals surface area contributed by atoms with Gasteiger partial charge in [0.15, 0.2) is 0 Å². The van der Waals surface area contributed by atoms with Gasteiger partial charge in [0, 0.05) is 17.3 Å². The Bertz CT molecular complexity index is 785. The van der Waals surface area contributed by atoms with E-state index in [0.717, 1.165) is 0 Å². The van der Waals surface area contributed by atoms with Crippen molar-refractivity contribution < 1.29 is 19.0 Å². The monoisotopic (exact) mass is 346 g/mol. The Kier molecular flexibility index (Phi) is 5.21. The molecule has 0 aliphatic carbocycles. The van der Waals surface area contributed by atoms with Crippen LogP contribution in [0, 0.1) is 18.2 Å². The molecule has 1 atom stereocenters. The van der Waals surface area contributed by atoms with Crippen molar-refractivity contribution in [1.29, 1.82) is 0 Å². The van der Waals surface area contributed by atoms with Crippen LogP contribution in [0.4, 0.5) is 14.9 Å². The van der Waals surface area contributed by atoms with Gasteiger partial charge in [-0.05, 0) is 42.2 Å². The van der Waals surface area contributed by atoms with Crippen LogP contribution in [-0.4, -0.2) is 11.2 Å². The highest BCUT2D eigenvalue weighted by atomic mass is 19.1. The molecule has 0 spiro atoms. The number of hydrogen-bond donors (Lipinski definition) is 3. The Balaban J connectivity index is 2.38. The van der Waals surface area contributed by atoms with Gasteiger partial charge in [-0.3, -0.25) is 0 Å². The van der Waals surface area contributed by atoms with E-state index in [1.807, 2.05) is 20.8 Å². The predicted molar refractivity (Wildman–Crippen MR) is 95.4 cm³/mol. The van der Waals surface area contributed by atoms with E-state index in [9.17, 15) is 9.18 Å². The molecule has 5 nitrogen and oxygen atoms in total. The van der Waals surface area contributed by atoms with Gasteiger partial charge in [0.2, 0.25) is 0 Å². The Morgan fingerprint density at radius 3 is 2.36 bits per heavy atom. The second kappa shape index (κ2) is 7.01. The molecule has 1 unspecified atom stereocenters. The number of benzene rings is 2. The number of amides is 1. The van der Waals surface area contributed by atoms with E-state index >= 15 is 0 Å². The van der Waals surface area contributed by atoms with Crippen molar-refractivity contribution in [3.63, 3.8) is 0 Å². The minimum atomic E-state index is -1.13. The minimum Gasteiger partial charge on any atom is -0.465 e. The number of rotatable bonds is 4. The SMILES string of the molecule is Cc1ccc(Oc2ccc(N)c(C(NC(=O)O)C(C)(C)C)c2)cc1F. The number of nitrogens with two attached hydrogens (primary N) is 1. The lowest BCUT2D eigenvalue weighted by molar-refractivity contribution is 0.175. The molecule has 0 saturated heterocycles. The van der Waals surface area contributed by atoms with Crippen molar-refractivity contribution in [3.05, 3.63) is 53.3 Å². The summed E-state index contributed by atoms with van der Waals surface area (Å²) in [6.45, 7) is 7.41. The van der Waals surface area contributed by atoms with Gasteiger partial charge in [-0.25, -0.2) is 9.18 Å². The summed E-state index contributed by atoms with van der Waals surface area (Å²) in [7, 11) is 0. The summed E-state index contributed by atoms with van der Waals surface area (Å²) in [5.41, 5.74) is 7.25. The second-order valence-electron chi connectivity index (χ2n) is 7.05. The van der Waals surface area contributed by atoms with E-state index in [-0.39, 0.29) is 5.82 Å². The van der Waals surface area contributed by atoms with Crippen LogP contribution in [0.15, 0.2) is 36.4 Å². The van der Waals surface area contributed by atoms with Gasteiger partial charge in [0.25, 0.3) is 0 Å². The Labute approximate surface area is 146 Å². The van der Waals surface area contributed by atoms with Crippen LogP contribution in [0.25, 0.3) is 0 Å². The number of aryl methyl sites for hydroxylation is 1. The molecule has 0 heterocycles. The number of carbonyl (C=O) groups is 1. The van der Waals surface area contributed by atoms with E-state index in [4.69, 9.17) is 15.6 Å². The lowest BCUT2D eigenvalue weighted by Crippen LogP contribution is -2.36. The Morgan fingerprint density at radius 2 is 1.80 bits per heavy atom. The van der Waals surface area contributed by atoms with Crippen molar-refractivity contribution in [2.45, 2.75) is 33.7 Å². The number of ether oxygens (including phenoxy) is 1. The van der Waals surface area contributed by atoms with Crippen LogP contribution in [0.2, 0.25) is 0 Å². The second-order valence-corrected chi connectivity index (χ2v) is 7.05. The zero-order valence-electron chi connectivity index (χ0n) is 14.8. The highest BCUT2D eigenvalue weighted by Crippen LogP contribution is 2.38. The van der Waals surface area contributed by atoms with Gasteiger partial charge in [0.1, 0.15) is 17.3 Å². The third kappa shape index (κ3) is 4.62. The lowest BCUT2D eigenvalue weighted by Gasteiger charge is -2.32. The molecule has 0 aliphatic heterocycles. The first-order chi connectivity index (χ1) is 11.6. The molecule has 2 aromatic carbocycles. The molecule has 0 radical (unpaired) electrons. The van der Waals surface area contributed by atoms with Crippen molar-refractivity contribution in [1.82, 2.24) is 5.32 Å². The van der Waals surface area contributed by atoms with E-state index in [2.05, 4.69) is 5.32 Å². The fraction of sp³-hybridized carbons (Fsp3) is 0.316. The third-order valence-electron chi connectivity index (χ3n) is 3.88. The molecule has 6 heteroatoms. The molecule has 0 aromatic heterocycles. The van der Waals surface area contributed by atoms with Crippen molar-refractivity contribution in [2.75, 3.05) is 5.73 Å². The summed E-state index contributed by atoms with van der Waals surface area (Å²) in [6.07, 6.45) is -1.13. The van der Waals surface area contributed by atoms with Crippen LogP contribution in [-0.2, 0) is 0 Å². The summed E-state index contributed by atoms with van der Waals surface area (Å²) in [6, 6.07) is 9.08. The number of halogens is 1. The van der Waals surface area contributed by atoms with Gasteiger partial charge < -0.3 is 20.9 Å². The minimum absolute atomic E-state index is 0.353. The zero-order valence-corrected chi connectivity index (χ0v) is 14.8. The molecule has 4 N–H and O–H groups in total. The lowest BCUT2D eigenvalue weighted by atomic mass is 9.81. The summed E-state index contributed by atoms with van der Waals surface area (Å²) in [5.74, 6) is 0.458. The smallest absolute Gasteiger partial charge is 0.405 e. The van der Waals surface area contributed by atoms with E-state index in [0.29, 0.717) is 28.3 Å². The van der Waals surface area contributed by atoms with Crippen LogP contribution < -0.4 is 15.8 Å². The highest BCUT2D eigenvalue weighted by molar-refractivity contribution is 5.66. The van der Waals surface area contributed by atoms with E-state index < -0.39 is 17.6 Å². The molecule has 0 bridgehead atoms. The quantitative estimate of drug-likeness (QED) is 0.690. The van der Waals surface area contributed by atoms with Crippen LogP contribution >= 0.6 is 0 Å². The van der Waals surface area contributed by atoms with Gasteiger partial charge in [-0.15, -0.1) is 0 Å². The molecule has 0 aliphatic rings. The van der Waals surface area contributed by atoms with Crippen LogP contribution in [0.1, 0.15) is 37.9 Å². The van der Waals surface area contributed by atoms with Crippen LogP contribution in [0.3, 0.4) is 0 Å². The highest BCUT2D eigenvalue weighted by Gasteiger charge is 2.29. The zero-order chi connectivity index (χ0) is 18.8. The van der Waals surface area contributed by atoms with Gasteiger partial charge >= 0.3 is 6.09 Å². The number of nitrogens with one attached hydrogen (secondary N) is 1. The number of anilines is 1. The number of hydrogen-bond acceptors (Lipinski definition) is 3. The molecule has 0 saturated carbocycles. The molecular weight excluding hydrogens is 323 g/mol. The first-order valence-corrected chi connectivity index (χ1v) is 7.91. The largest absolute Gasteiger partial charge is 0.465 e. The fourth-order valence-corrected chi connectivity index (χ4v) is 2.52. The molecule has 25 heavy (non-hydrogen) atoms. The van der Waals surface area contributed by atoms with Crippen molar-refractivity contribution >= 4 is 11.8 Å². The molecule has 2 aromatic rings. The topological polar surface area (TPSA) is 84.6 Å². The summed E-state index contributed by atoms with van der Waals surface area (Å²) in [5, 5.41) is 11.6. The van der Waals surface area contributed by atoms with Gasteiger partial charge in [-0.2, -0.15) is 0 Å². The number of carboxylic acid groups (broad SMARTS) is 1. The van der Waals surface area contributed by atoms with Gasteiger partial charge in [0.05, 0.1) is 6.04 Å². The Morgan fingerprint density at radius 1 is 1.20 bits per heavy atom. The van der Waals surface area contributed by atoms with E-state index in [1.54, 1.807) is 37.3 Å². The standard InChI is InChI=1S/C19H23FN2O3/c1-11-5-6-13(10-15(11)20)25-12-7-8-16(21)14(9-12)17(19(2,3)4)22-18(23)24/h5-10,17,22H,21H2,1-4H3,(H,23,24). The molecular formula is C19H23FN2O3. The maximum absolute atomic E-state index is 13.7. The third-order valence-corrected chi connectivity index (χ3v) is 3.88. The van der Waals surface area contributed by atoms with Gasteiger partial charge in [-0.1, -0.05) is 26.8 Å². The van der Waals surface area contributed by atoms with Crippen LogP contribution in [0.5, 0.6) is 11.5 Å². The summed E-state index contributed by atoms with van der Waals surface area (Å²) < 4.78 is 19.4. The molecule has 0 fully saturated rings. The normalized spacial score (nSPS) is 12.5. The van der Waals surface area contributed by atoms with Crippen molar-refractivity contribution in [3.8, 4) is 11.5 Å². The average Bonchev–Trinajstić information content (AvgIpc) is 2.49. The average molecular weight is 346 g/mol. The number of nitrogen functional groups attached to an aromatic ring is 1. The fourth-order valence-electron chi connectivity index (χ4n) is 2.52. The summed E-state index contributed by atoms with van der Waals surface area (Å²) in [4.78, 5) is 11.2. The first-order valence-electron chi connectivity index (χ1n) is 7.91. The Hall–Kier alpha value is -2.76. The first kappa shape index (κ1) is 18.6. The molecule has 134 valence electrons.